The first kappa shape index (κ1) is 10.3. The van der Waals surface area contributed by atoms with Crippen LogP contribution < -0.4 is 5.09 Å². The maximum atomic E-state index is 11.6. The SMILES string of the molecule is Cc1cccc(C)c1NP(C)(C)=O. The monoisotopic (exact) mass is 197 g/mol. The lowest BCUT2D eigenvalue weighted by atomic mass is 10.1. The minimum atomic E-state index is -2.19. The molecule has 0 saturated heterocycles. The molecule has 2 nitrogen and oxygen atoms in total. The summed E-state index contributed by atoms with van der Waals surface area (Å²) >= 11 is 0. The average Bonchev–Trinajstić information content (AvgIpc) is 1.95. The summed E-state index contributed by atoms with van der Waals surface area (Å²) in [7, 11) is -2.19. The Morgan fingerprint density at radius 2 is 1.62 bits per heavy atom. The van der Waals surface area contributed by atoms with Crippen LogP contribution in [-0.4, -0.2) is 13.3 Å². The molecule has 72 valence electrons. The molecule has 1 aromatic carbocycles. The Labute approximate surface area is 79.8 Å². The van der Waals surface area contributed by atoms with Crippen molar-refractivity contribution in [1.29, 1.82) is 0 Å². The van der Waals surface area contributed by atoms with Gasteiger partial charge in [-0.05, 0) is 25.0 Å². The zero-order valence-corrected chi connectivity index (χ0v) is 9.48. The van der Waals surface area contributed by atoms with Gasteiger partial charge < -0.3 is 9.65 Å². The standard InChI is InChI=1S/C10H16NOP/c1-8-6-5-7-9(2)10(8)11-13(3,4)12/h5-7H,1-4H3,(H,11,12). The molecule has 0 unspecified atom stereocenters. The first-order valence-corrected chi connectivity index (χ1v) is 6.90. The first-order valence-electron chi connectivity index (χ1n) is 4.29. The highest BCUT2D eigenvalue weighted by Gasteiger charge is 2.09. The summed E-state index contributed by atoms with van der Waals surface area (Å²) in [5.74, 6) is 0. The molecule has 0 fully saturated rings. The third kappa shape index (κ3) is 2.89. The van der Waals surface area contributed by atoms with E-state index < -0.39 is 7.29 Å². The minimum Gasteiger partial charge on any atom is -0.336 e. The number of benzene rings is 1. The van der Waals surface area contributed by atoms with Crippen molar-refractivity contribution in [3.8, 4) is 0 Å². The van der Waals surface area contributed by atoms with Crippen LogP contribution in [-0.2, 0) is 4.57 Å². The Morgan fingerprint density at radius 1 is 1.15 bits per heavy atom. The lowest BCUT2D eigenvalue weighted by Crippen LogP contribution is -1.97. The van der Waals surface area contributed by atoms with E-state index in [4.69, 9.17) is 0 Å². The van der Waals surface area contributed by atoms with E-state index in [0.717, 1.165) is 16.8 Å². The predicted molar refractivity (Wildman–Crippen MR) is 59.0 cm³/mol. The van der Waals surface area contributed by atoms with Gasteiger partial charge in [-0.15, -0.1) is 0 Å². The highest BCUT2D eigenvalue weighted by Crippen LogP contribution is 2.38. The highest BCUT2D eigenvalue weighted by atomic mass is 31.2. The van der Waals surface area contributed by atoms with Gasteiger partial charge in [-0.2, -0.15) is 0 Å². The van der Waals surface area contributed by atoms with Crippen LogP contribution in [0.1, 0.15) is 11.1 Å². The van der Waals surface area contributed by atoms with E-state index >= 15 is 0 Å². The number of anilines is 1. The summed E-state index contributed by atoms with van der Waals surface area (Å²) in [5.41, 5.74) is 3.30. The van der Waals surface area contributed by atoms with Crippen molar-refractivity contribution in [3.05, 3.63) is 29.3 Å². The molecule has 0 aliphatic rings. The second-order valence-corrected chi connectivity index (χ2v) is 6.65. The normalized spacial score (nSPS) is 11.4. The number of hydrogen-bond acceptors (Lipinski definition) is 1. The molecule has 0 bridgehead atoms. The fourth-order valence-electron chi connectivity index (χ4n) is 1.26. The number of nitrogens with one attached hydrogen (secondary N) is 1. The molecule has 0 heterocycles. The predicted octanol–water partition coefficient (Wildman–Crippen LogP) is 3.25. The fraction of sp³-hybridized carbons (Fsp3) is 0.400. The lowest BCUT2D eigenvalue weighted by molar-refractivity contribution is 0.585. The van der Waals surface area contributed by atoms with Gasteiger partial charge in [0.05, 0.1) is 0 Å². The van der Waals surface area contributed by atoms with E-state index in [0.29, 0.717) is 0 Å². The molecular formula is C10H16NOP. The number of hydrogen-bond donors (Lipinski definition) is 1. The van der Waals surface area contributed by atoms with Gasteiger partial charge in [-0.1, -0.05) is 18.2 Å². The largest absolute Gasteiger partial charge is 0.336 e. The number of rotatable bonds is 2. The Bertz CT molecular complexity index is 334. The zero-order chi connectivity index (χ0) is 10.1. The molecule has 0 aromatic heterocycles. The van der Waals surface area contributed by atoms with Gasteiger partial charge in [0.15, 0.2) is 7.29 Å². The molecule has 0 saturated carbocycles. The van der Waals surface area contributed by atoms with Crippen LogP contribution in [0.2, 0.25) is 0 Å². The Balaban J connectivity index is 3.07. The minimum absolute atomic E-state index is 1.01. The molecule has 1 rings (SSSR count). The van der Waals surface area contributed by atoms with Crippen molar-refractivity contribution in [2.24, 2.45) is 0 Å². The van der Waals surface area contributed by atoms with Gasteiger partial charge in [-0.25, -0.2) is 0 Å². The molecular weight excluding hydrogens is 181 g/mol. The molecule has 3 heteroatoms. The molecule has 0 spiro atoms. The third-order valence-electron chi connectivity index (χ3n) is 1.86. The van der Waals surface area contributed by atoms with E-state index in [1.807, 2.05) is 32.0 Å². The van der Waals surface area contributed by atoms with E-state index in [1.54, 1.807) is 13.3 Å². The number of aryl methyl sites for hydroxylation is 2. The molecule has 0 radical (unpaired) electrons. The van der Waals surface area contributed by atoms with Crippen LogP contribution in [0.5, 0.6) is 0 Å². The molecule has 0 aliphatic carbocycles. The molecule has 0 aliphatic heterocycles. The Kier molecular flexibility index (Phi) is 2.82. The van der Waals surface area contributed by atoms with E-state index in [-0.39, 0.29) is 0 Å². The van der Waals surface area contributed by atoms with Gasteiger partial charge in [0.1, 0.15) is 0 Å². The number of para-hydroxylation sites is 1. The van der Waals surface area contributed by atoms with Crippen LogP contribution in [0, 0.1) is 13.8 Å². The Hall–Kier alpha value is -0.750. The summed E-state index contributed by atoms with van der Waals surface area (Å²) in [6.07, 6.45) is 0. The second kappa shape index (κ2) is 3.55. The van der Waals surface area contributed by atoms with Crippen molar-refractivity contribution in [3.63, 3.8) is 0 Å². The van der Waals surface area contributed by atoms with E-state index in [1.165, 1.54) is 0 Å². The van der Waals surface area contributed by atoms with Gasteiger partial charge in [0.25, 0.3) is 0 Å². The van der Waals surface area contributed by atoms with Crippen molar-refractivity contribution < 1.29 is 4.57 Å². The maximum Gasteiger partial charge on any atom is 0.164 e. The summed E-state index contributed by atoms with van der Waals surface area (Å²) < 4.78 is 11.6. The maximum absolute atomic E-state index is 11.6. The van der Waals surface area contributed by atoms with Gasteiger partial charge in [0, 0.05) is 19.0 Å². The van der Waals surface area contributed by atoms with Crippen molar-refractivity contribution >= 4 is 13.0 Å². The highest BCUT2D eigenvalue weighted by molar-refractivity contribution is 7.63. The van der Waals surface area contributed by atoms with Crippen molar-refractivity contribution in [1.82, 2.24) is 0 Å². The van der Waals surface area contributed by atoms with Crippen LogP contribution in [0.4, 0.5) is 5.69 Å². The molecule has 13 heavy (non-hydrogen) atoms. The summed E-state index contributed by atoms with van der Waals surface area (Å²) in [4.78, 5) is 0. The van der Waals surface area contributed by atoms with E-state index in [2.05, 4.69) is 5.09 Å². The summed E-state index contributed by atoms with van der Waals surface area (Å²) in [6.45, 7) is 7.51. The lowest BCUT2D eigenvalue weighted by Gasteiger charge is -2.15. The van der Waals surface area contributed by atoms with E-state index in [9.17, 15) is 4.57 Å². The van der Waals surface area contributed by atoms with Crippen molar-refractivity contribution in [2.45, 2.75) is 13.8 Å². The topological polar surface area (TPSA) is 29.1 Å². The zero-order valence-electron chi connectivity index (χ0n) is 8.59. The third-order valence-corrected chi connectivity index (χ3v) is 2.62. The summed E-state index contributed by atoms with van der Waals surface area (Å²) in [6, 6.07) is 6.04. The molecule has 0 amide bonds. The van der Waals surface area contributed by atoms with Crippen molar-refractivity contribution in [2.75, 3.05) is 18.4 Å². The smallest absolute Gasteiger partial charge is 0.164 e. The van der Waals surface area contributed by atoms with Crippen LogP contribution in [0.25, 0.3) is 0 Å². The van der Waals surface area contributed by atoms with Gasteiger partial charge in [0.2, 0.25) is 0 Å². The van der Waals surface area contributed by atoms with Gasteiger partial charge in [-0.3, -0.25) is 0 Å². The Morgan fingerprint density at radius 3 is 2.00 bits per heavy atom. The molecule has 0 atom stereocenters. The molecule has 1 aromatic rings. The first-order chi connectivity index (χ1) is 5.90. The summed E-state index contributed by atoms with van der Waals surface area (Å²) in [5, 5.41) is 3.07. The molecule has 1 N–H and O–H groups in total. The van der Waals surface area contributed by atoms with Gasteiger partial charge >= 0.3 is 0 Å². The fourth-order valence-corrected chi connectivity index (χ4v) is 2.15. The average molecular weight is 197 g/mol. The van der Waals surface area contributed by atoms with Crippen LogP contribution >= 0.6 is 7.29 Å². The second-order valence-electron chi connectivity index (χ2n) is 3.73. The quantitative estimate of drug-likeness (QED) is 0.737. The van der Waals surface area contributed by atoms with Crippen LogP contribution in [0.3, 0.4) is 0 Å². The van der Waals surface area contributed by atoms with Crippen LogP contribution in [0.15, 0.2) is 18.2 Å².